The number of hydrogen-bond acceptors (Lipinski definition) is 4. The SMILES string of the molecule is N#C/C(=C\c1ccc(OC(=O)c2ccc(Cl)c(Cl)c2)cc1)C(=O)Nc1cccc(Cl)c1Cl. The molecule has 9 heteroatoms. The second-order valence-electron chi connectivity index (χ2n) is 6.31. The molecular formula is C23H12Cl4N2O3. The van der Waals surface area contributed by atoms with Crippen LogP contribution in [0.25, 0.3) is 6.08 Å². The first-order valence-corrected chi connectivity index (χ1v) is 10.4. The van der Waals surface area contributed by atoms with Gasteiger partial charge >= 0.3 is 5.97 Å². The van der Waals surface area contributed by atoms with Crippen LogP contribution in [0.5, 0.6) is 5.75 Å². The third kappa shape index (κ3) is 5.82. The molecular weight excluding hydrogens is 494 g/mol. The number of anilines is 1. The Morgan fingerprint density at radius 1 is 0.906 bits per heavy atom. The summed E-state index contributed by atoms with van der Waals surface area (Å²) >= 11 is 23.8. The minimum Gasteiger partial charge on any atom is -0.423 e. The fourth-order valence-corrected chi connectivity index (χ4v) is 3.17. The maximum Gasteiger partial charge on any atom is 0.343 e. The minimum absolute atomic E-state index is 0.151. The van der Waals surface area contributed by atoms with Gasteiger partial charge in [-0.2, -0.15) is 5.26 Å². The number of rotatable bonds is 5. The minimum atomic E-state index is -0.646. The summed E-state index contributed by atoms with van der Waals surface area (Å²) in [7, 11) is 0. The van der Waals surface area contributed by atoms with Crippen LogP contribution >= 0.6 is 46.4 Å². The molecule has 3 aromatic carbocycles. The van der Waals surface area contributed by atoms with E-state index in [1.54, 1.807) is 30.3 Å². The molecule has 0 aliphatic rings. The zero-order chi connectivity index (χ0) is 23.3. The van der Waals surface area contributed by atoms with Crippen molar-refractivity contribution in [2.45, 2.75) is 0 Å². The van der Waals surface area contributed by atoms with Crippen LogP contribution in [0.4, 0.5) is 5.69 Å². The van der Waals surface area contributed by atoms with Gasteiger partial charge in [-0.05, 0) is 54.1 Å². The van der Waals surface area contributed by atoms with Gasteiger partial charge in [-0.1, -0.05) is 64.6 Å². The third-order valence-electron chi connectivity index (χ3n) is 4.12. The predicted octanol–water partition coefficient (Wildman–Crippen LogP) is 7.07. The standard InChI is InChI=1S/C23H12Cl4N2O3/c24-17-9-6-14(11-19(17)26)23(31)32-16-7-4-13(5-8-16)10-15(12-28)22(30)29-20-3-1-2-18(25)21(20)27/h1-11H,(H,29,30)/b15-10+. The molecule has 32 heavy (non-hydrogen) atoms. The van der Waals surface area contributed by atoms with Crippen LogP contribution in [0.2, 0.25) is 20.1 Å². The highest BCUT2D eigenvalue weighted by atomic mass is 35.5. The molecule has 0 aliphatic carbocycles. The zero-order valence-corrected chi connectivity index (χ0v) is 19.1. The number of halogens is 4. The van der Waals surface area contributed by atoms with E-state index < -0.39 is 11.9 Å². The average molecular weight is 506 g/mol. The van der Waals surface area contributed by atoms with Crippen LogP contribution in [-0.2, 0) is 4.79 Å². The molecule has 1 amide bonds. The first kappa shape index (κ1) is 23.6. The lowest BCUT2D eigenvalue weighted by Gasteiger charge is -2.08. The van der Waals surface area contributed by atoms with Crippen LogP contribution in [-0.4, -0.2) is 11.9 Å². The molecule has 0 saturated heterocycles. The zero-order valence-electron chi connectivity index (χ0n) is 16.0. The Labute approximate surface area is 203 Å². The Bertz CT molecular complexity index is 1270. The van der Waals surface area contributed by atoms with E-state index in [0.717, 1.165) is 0 Å². The number of nitriles is 1. The summed E-state index contributed by atoms with van der Waals surface area (Å²) in [6.07, 6.45) is 1.39. The van der Waals surface area contributed by atoms with Crippen LogP contribution in [0, 0.1) is 11.3 Å². The van der Waals surface area contributed by atoms with Crippen molar-refractivity contribution >= 4 is 70.0 Å². The number of benzene rings is 3. The maximum atomic E-state index is 12.4. The average Bonchev–Trinajstić information content (AvgIpc) is 2.78. The van der Waals surface area contributed by atoms with Gasteiger partial charge in [-0.25, -0.2) is 4.79 Å². The number of ether oxygens (including phenoxy) is 1. The summed E-state index contributed by atoms with van der Waals surface area (Å²) in [6, 6.07) is 17.3. The molecule has 0 saturated carbocycles. The Hall–Kier alpha value is -3.01. The highest BCUT2D eigenvalue weighted by molar-refractivity contribution is 6.44. The van der Waals surface area contributed by atoms with Crippen molar-refractivity contribution in [3.05, 3.63) is 97.5 Å². The van der Waals surface area contributed by atoms with Crippen molar-refractivity contribution in [1.29, 1.82) is 5.26 Å². The normalized spacial score (nSPS) is 10.9. The van der Waals surface area contributed by atoms with E-state index in [1.165, 1.54) is 36.4 Å². The molecule has 160 valence electrons. The van der Waals surface area contributed by atoms with E-state index in [-0.39, 0.29) is 37.6 Å². The van der Waals surface area contributed by atoms with Gasteiger partial charge in [0.25, 0.3) is 5.91 Å². The Morgan fingerprint density at radius 2 is 1.62 bits per heavy atom. The van der Waals surface area contributed by atoms with E-state index in [0.29, 0.717) is 10.6 Å². The molecule has 0 atom stereocenters. The molecule has 0 heterocycles. The first-order valence-electron chi connectivity index (χ1n) is 8.93. The van der Waals surface area contributed by atoms with Gasteiger partial charge in [0.15, 0.2) is 0 Å². The summed E-state index contributed by atoms with van der Waals surface area (Å²) in [5.41, 5.74) is 0.922. The van der Waals surface area contributed by atoms with E-state index >= 15 is 0 Å². The number of nitrogens with one attached hydrogen (secondary N) is 1. The van der Waals surface area contributed by atoms with Crippen molar-refractivity contribution in [2.75, 3.05) is 5.32 Å². The van der Waals surface area contributed by atoms with Gasteiger partial charge < -0.3 is 10.1 Å². The summed E-state index contributed by atoms with van der Waals surface area (Å²) in [6.45, 7) is 0. The van der Waals surface area contributed by atoms with Gasteiger partial charge in [-0.15, -0.1) is 0 Å². The lowest BCUT2D eigenvalue weighted by Crippen LogP contribution is -2.13. The van der Waals surface area contributed by atoms with E-state index in [4.69, 9.17) is 51.1 Å². The van der Waals surface area contributed by atoms with Gasteiger partial charge in [-0.3, -0.25) is 4.79 Å². The fourth-order valence-electron chi connectivity index (χ4n) is 2.53. The lowest BCUT2D eigenvalue weighted by molar-refractivity contribution is -0.112. The molecule has 0 fully saturated rings. The van der Waals surface area contributed by atoms with E-state index in [9.17, 15) is 14.9 Å². The van der Waals surface area contributed by atoms with Gasteiger partial charge in [0.05, 0.1) is 31.3 Å². The lowest BCUT2D eigenvalue weighted by atomic mass is 10.1. The number of amides is 1. The molecule has 0 radical (unpaired) electrons. The Kier molecular flexibility index (Phi) is 7.79. The number of esters is 1. The quantitative estimate of drug-likeness (QED) is 0.174. The largest absolute Gasteiger partial charge is 0.423 e. The van der Waals surface area contributed by atoms with E-state index in [1.807, 2.05) is 6.07 Å². The molecule has 0 unspecified atom stereocenters. The van der Waals surface area contributed by atoms with Gasteiger partial charge in [0.2, 0.25) is 0 Å². The number of nitrogens with zero attached hydrogens (tertiary/aromatic N) is 1. The maximum absolute atomic E-state index is 12.4. The third-order valence-corrected chi connectivity index (χ3v) is 5.68. The Balaban J connectivity index is 1.71. The Morgan fingerprint density at radius 3 is 2.28 bits per heavy atom. The topological polar surface area (TPSA) is 79.2 Å². The molecule has 0 bridgehead atoms. The molecule has 0 aliphatic heterocycles. The highest BCUT2D eigenvalue weighted by Crippen LogP contribution is 2.30. The molecule has 3 aromatic rings. The van der Waals surface area contributed by atoms with Crippen LogP contribution in [0.3, 0.4) is 0 Å². The summed E-state index contributed by atoms with van der Waals surface area (Å²) < 4.78 is 5.30. The van der Waals surface area contributed by atoms with Crippen LogP contribution in [0.15, 0.2) is 66.2 Å². The second kappa shape index (κ2) is 10.5. The summed E-state index contributed by atoms with van der Waals surface area (Å²) in [4.78, 5) is 24.7. The molecule has 0 aromatic heterocycles. The van der Waals surface area contributed by atoms with Crippen molar-refractivity contribution in [1.82, 2.24) is 0 Å². The summed E-state index contributed by atoms with van der Waals surface area (Å²) in [5, 5.41) is 12.9. The fraction of sp³-hybridized carbons (Fsp3) is 0. The molecule has 3 rings (SSSR count). The van der Waals surface area contributed by atoms with Crippen molar-refractivity contribution in [3.63, 3.8) is 0 Å². The number of hydrogen-bond donors (Lipinski definition) is 1. The van der Waals surface area contributed by atoms with Gasteiger partial charge in [0.1, 0.15) is 17.4 Å². The number of carbonyl (C=O) groups is 2. The van der Waals surface area contributed by atoms with Crippen molar-refractivity contribution in [2.24, 2.45) is 0 Å². The van der Waals surface area contributed by atoms with Crippen LogP contribution in [0.1, 0.15) is 15.9 Å². The summed E-state index contributed by atoms with van der Waals surface area (Å²) in [5.74, 6) is -0.985. The van der Waals surface area contributed by atoms with E-state index in [2.05, 4.69) is 5.32 Å². The molecule has 5 nitrogen and oxygen atoms in total. The smallest absolute Gasteiger partial charge is 0.343 e. The van der Waals surface area contributed by atoms with Crippen molar-refractivity contribution < 1.29 is 14.3 Å². The highest BCUT2D eigenvalue weighted by Gasteiger charge is 2.14. The molecule has 1 N–H and O–H groups in total. The number of carbonyl (C=O) groups excluding carboxylic acids is 2. The van der Waals surface area contributed by atoms with Crippen molar-refractivity contribution in [3.8, 4) is 11.8 Å². The monoisotopic (exact) mass is 504 g/mol. The second-order valence-corrected chi connectivity index (χ2v) is 7.91. The predicted molar refractivity (Wildman–Crippen MR) is 127 cm³/mol. The first-order chi connectivity index (χ1) is 15.3. The van der Waals surface area contributed by atoms with Crippen LogP contribution < -0.4 is 10.1 Å². The van der Waals surface area contributed by atoms with Gasteiger partial charge in [0, 0.05) is 0 Å². The molecule has 0 spiro atoms.